The average molecular weight is 249 g/mol. The third-order valence-corrected chi connectivity index (χ3v) is 4.58. The van der Waals surface area contributed by atoms with Crippen LogP contribution in [0, 0.1) is 29.6 Å². The normalized spacial score (nSPS) is 27.6. The Balaban J connectivity index is 2.76. The molecule has 0 amide bonds. The van der Waals surface area contributed by atoms with Crippen LogP contribution >= 0.6 is 0 Å². The highest BCUT2D eigenvalue weighted by Crippen LogP contribution is 2.45. The zero-order valence-corrected chi connectivity index (χ0v) is 12.7. The van der Waals surface area contributed by atoms with Gasteiger partial charge in [-0.15, -0.1) is 5.73 Å². The van der Waals surface area contributed by atoms with Crippen LogP contribution in [-0.2, 0) is 0 Å². The quantitative estimate of drug-likeness (QED) is 0.665. The zero-order chi connectivity index (χ0) is 13.5. The van der Waals surface area contributed by atoms with Crippen molar-refractivity contribution >= 4 is 0 Å². The standard InChI is InChI=1S/C17H31N/c1-5-7-8-9-15(6-2)17(14(4)12-18)16-10-13(3)11-16/h7,9,13-17H,5-6,10-12,18H2,1-4H3. The maximum atomic E-state index is 5.93. The summed E-state index contributed by atoms with van der Waals surface area (Å²) in [6.45, 7) is 9.97. The van der Waals surface area contributed by atoms with Gasteiger partial charge in [0.1, 0.15) is 0 Å². The molecule has 3 unspecified atom stereocenters. The van der Waals surface area contributed by atoms with Crippen LogP contribution in [0.15, 0.2) is 17.9 Å². The molecule has 1 aliphatic carbocycles. The Morgan fingerprint density at radius 3 is 2.44 bits per heavy atom. The number of allylic oxidation sites excluding steroid dienone is 1. The monoisotopic (exact) mass is 249 g/mol. The van der Waals surface area contributed by atoms with E-state index in [-0.39, 0.29) is 0 Å². The van der Waals surface area contributed by atoms with E-state index >= 15 is 0 Å². The summed E-state index contributed by atoms with van der Waals surface area (Å²) in [5.74, 6) is 3.86. The summed E-state index contributed by atoms with van der Waals surface area (Å²) < 4.78 is 0. The van der Waals surface area contributed by atoms with Crippen LogP contribution in [0.4, 0.5) is 0 Å². The molecule has 18 heavy (non-hydrogen) atoms. The van der Waals surface area contributed by atoms with Crippen molar-refractivity contribution in [2.24, 2.45) is 35.3 Å². The summed E-state index contributed by atoms with van der Waals surface area (Å²) in [5.41, 5.74) is 9.30. The van der Waals surface area contributed by atoms with Crippen molar-refractivity contribution in [1.29, 1.82) is 0 Å². The van der Waals surface area contributed by atoms with E-state index in [2.05, 4.69) is 45.6 Å². The van der Waals surface area contributed by atoms with Crippen molar-refractivity contribution in [2.75, 3.05) is 6.54 Å². The molecular formula is C17H31N. The lowest BCUT2D eigenvalue weighted by Crippen LogP contribution is -2.38. The van der Waals surface area contributed by atoms with Crippen LogP contribution in [0.3, 0.4) is 0 Å². The van der Waals surface area contributed by atoms with E-state index in [4.69, 9.17) is 5.73 Å². The second-order valence-corrected chi connectivity index (χ2v) is 6.14. The summed E-state index contributed by atoms with van der Waals surface area (Å²) in [5, 5.41) is 0. The molecule has 0 saturated heterocycles. The summed E-state index contributed by atoms with van der Waals surface area (Å²) in [7, 11) is 0. The van der Waals surface area contributed by atoms with Gasteiger partial charge in [0.25, 0.3) is 0 Å². The summed E-state index contributed by atoms with van der Waals surface area (Å²) in [6, 6.07) is 0. The lowest BCUT2D eigenvalue weighted by atomic mass is 9.61. The lowest BCUT2D eigenvalue weighted by Gasteiger charge is -2.44. The maximum absolute atomic E-state index is 5.93. The molecule has 2 N–H and O–H groups in total. The average Bonchev–Trinajstić information content (AvgIpc) is 2.34. The highest BCUT2D eigenvalue weighted by atomic mass is 14.6. The van der Waals surface area contributed by atoms with E-state index in [1.54, 1.807) is 0 Å². The van der Waals surface area contributed by atoms with E-state index in [1.165, 1.54) is 19.3 Å². The van der Waals surface area contributed by atoms with Crippen LogP contribution in [0.5, 0.6) is 0 Å². The molecule has 1 fully saturated rings. The minimum absolute atomic E-state index is 0.632. The molecule has 104 valence electrons. The van der Waals surface area contributed by atoms with E-state index in [9.17, 15) is 0 Å². The third kappa shape index (κ3) is 4.00. The van der Waals surface area contributed by atoms with Crippen LogP contribution in [0.25, 0.3) is 0 Å². The van der Waals surface area contributed by atoms with Gasteiger partial charge in [-0.25, -0.2) is 0 Å². The topological polar surface area (TPSA) is 26.0 Å². The maximum Gasteiger partial charge on any atom is -0.00485 e. The molecule has 1 saturated carbocycles. The Morgan fingerprint density at radius 2 is 2.00 bits per heavy atom. The Bertz CT molecular complexity index is 282. The van der Waals surface area contributed by atoms with Gasteiger partial charge in [0, 0.05) is 0 Å². The van der Waals surface area contributed by atoms with Crippen molar-refractivity contribution in [3.63, 3.8) is 0 Å². The number of hydrogen-bond donors (Lipinski definition) is 1. The van der Waals surface area contributed by atoms with Gasteiger partial charge >= 0.3 is 0 Å². The molecule has 1 nitrogen and oxygen atoms in total. The summed E-state index contributed by atoms with van der Waals surface area (Å²) >= 11 is 0. The number of nitrogens with two attached hydrogens (primary N) is 1. The minimum atomic E-state index is 0.632. The minimum Gasteiger partial charge on any atom is -0.330 e. The fourth-order valence-electron chi connectivity index (χ4n) is 3.48. The van der Waals surface area contributed by atoms with Crippen molar-refractivity contribution < 1.29 is 0 Å². The molecule has 0 aromatic carbocycles. The molecule has 1 heteroatoms. The Morgan fingerprint density at radius 1 is 1.33 bits per heavy atom. The van der Waals surface area contributed by atoms with Gasteiger partial charge in [-0.3, -0.25) is 0 Å². The highest BCUT2D eigenvalue weighted by molar-refractivity contribution is 4.97. The Kier molecular flexibility index (Phi) is 6.75. The smallest absolute Gasteiger partial charge is 0.00485 e. The largest absolute Gasteiger partial charge is 0.330 e. The molecule has 0 aromatic heterocycles. The van der Waals surface area contributed by atoms with Crippen molar-refractivity contribution in [2.45, 2.75) is 53.4 Å². The molecule has 0 heterocycles. The number of hydrogen-bond acceptors (Lipinski definition) is 1. The van der Waals surface area contributed by atoms with Crippen molar-refractivity contribution in [3.05, 3.63) is 17.9 Å². The van der Waals surface area contributed by atoms with E-state index in [0.717, 1.165) is 30.7 Å². The van der Waals surface area contributed by atoms with Gasteiger partial charge < -0.3 is 5.73 Å². The lowest BCUT2D eigenvalue weighted by molar-refractivity contribution is 0.0710. The summed E-state index contributed by atoms with van der Waals surface area (Å²) in [4.78, 5) is 0. The van der Waals surface area contributed by atoms with Gasteiger partial charge in [0.05, 0.1) is 0 Å². The van der Waals surface area contributed by atoms with Crippen LogP contribution < -0.4 is 5.73 Å². The molecule has 1 aliphatic rings. The molecule has 0 aromatic rings. The summed E-state index contributed by atoms with van der Waals surface area (Å²) in [6.07, 6.45) is 9.53. The van der Waals surface area contributed by atoms with Gasteiger partial charge in [-0.05, 0) is 74.0 Å². The molecule has 0 aliphatic heterocycles. The van der Waals surface area contributed by atoms with Crippen LogP contribution in [0.2, 0.25) is 0 Å². The molecule has 0 spiro atoms. The van der Waals surface area contributed by atoms with Crippen LogP contribution in [0.1, 0.15) is 53.4 Å². The molecule has 0 bridgehead atoms. The van der Waals surface area contributed by atoms with E-state index in [1.807, 2.05) is 0 Å². The molecule has 0 radical (unpaired) electrons. The second-order valence-electron chi connectivity index (χ2n) is 6.14. The highest BCUT2D eigenvalue weighted by Gasteiger charge is 2.37. The first kappa shape index (κ1) is 15.5. The van der Waals surface area contributed by atoms with E-state index < -0.39 is 0 Å². The molecule has 3 atom stereocenters. The van der Waals surface area contributed by atoms with Crippen molar-refractivity contribution in [3.8, 4) is 0 Å². The number of rotatable bonds is 7. The first-order valence-electron chi connectivity index (χ1n) is 7.75. The third-order valence-electron chi connectivity index (χ3n) is 4.58. The first-order chi connectivity index (χ1) is 8.63. The Labute approximate surface area is 114 Å². The fourth-order valence-corrected chi connectivity index (χ4v) is 3.48. The predicted molar refractivity (Wildman–Crippen MR) is 80.3 cm³/mol. The molecule has 1 rings (SSSR count). The van der Waals surface area contributed by atoms with Crippen molar-refractivity contribution in [1.82, 2.24) is 0 Å². The zero-order valence-electron chi connectivity index (χ0n) is 12.7. The SMILES string of the molecule is CCC=C=CC(CC)C(C(C)CN)C1CC(C)C1. The predicted octanol–water partition coefficient (Wildman–Crippen LogP) is 4.39. The fraction of sp³-hybridized carbons (Fsp3) is 0.824. The first-order valence-corrected chi connectivity index (χ1v) is 7.75. The molecular weight excluding hydrogens is 218 g/mol. The second kappa shape index (κ2) is 7.81. The van der Waals surface area contributed by atoms with E-state index in [0.29, 0.717) is 11.8 Å². The van der Waals surface area contributed by atoms with Crippen LogP contribution in [-0.4, -0.2) is 6.54 Å². The van der Waals surface area contributed by atoms with Gasteiger partial charge in [-0.1, -0.05) is 27.7 Å². The Hall–Kier alpha value is -0.520. The van der Waals surface area contributed by atoms with Gasteiger partial charge in [0.2, 0.25) is 0 Å². The van der Waals surface area contributed by atoms with Gasteiger partial charge in [-0.2, -0.15) is 0 Å². The van der Waals surface area contributed by atoms with Gasteiger partial charge in [0.15, 0.2) is 0 Å².